The molecule has 0 amide bonds. The van der Waals surface area contributed by atoms with Crippen LogP contribution in [0.4, 0.5) is 5.82 Å². The zero-order valence-corrected chi connectivity index (χ0v) is 12.5. The van der Waals surface area contributed by atoms with Crippen LogP contribution in [0.5, 0.6) is 0 Å². The number of nitro groups is 1. The molecule has 0 unspecified atom stereocenters. The second kappa shape index (κ2) is 5.54. The van der Waals surface area contributed by atoms with Gasteiger partial charge in [-0.1, -0.05) is 22.0 Å². The van der Waals surface area contributed by atoms with Crippen LogP contribution in [0.25, 0.3) is 0 Å². The van der Waals surface area contributed by atoms with Crippen molar-refractivity contribution in [1.29, 1.82) is 0 Å². The summed E-state index contributed by atoms with van der Waals surface area (Å²) in [5.41, 5.74) is 1.61. The van der Waals surface area contributed by atoms with Crippen LogP contribution in [-0.4, -0.2) is 20.7 Å². The van der Waals surface area contributed by atoms with Gasteiger partial charge in [-0.05, 0) is 29.5 Å². The second-order valence-corrected chi connectivity index (χ2v) is 5.29. The van der Waals surface area contributed by atoms with Gasteiger partial charge in [0.05, 0.1) is 6.42 Å². The molecule has 0 aliphatic rings. The van der Waals surface area contributed by atoms with E-state index in [0.29, 0.717) is 11.4 Å². The lowest BCUT2D eigenvalue weighted by Crippen LogP contribution is -2.06. The second-order valence-electron chi connectivity index (χ2n) is 4.44. The van der Waals surface area contributed by atoms with Crippen molar-refractivity contribution in [2.45, 2.75) is 20.3 Å². The standard InChI is InChI=1S/C13H12BrN3O3/c1-7-5-9(3-4-10(7)14)12(18)6-11-13(17(19)20)16-8(2)15-11/h3-5H,6H2,1-2H3,(H,15,16). The van der Waals surface area contributed by atoms with E-state index in [9.17, 15) is 14.9 Å². The maximum Gasteiger partial charge on any atom is 0.344 e. The predicted molar refractivity (Wildman–Crippen MR) is 76.9 cm³/mol. The van der Waals surface area contributed by atoms with Gasteiger partial charge in [-0.15, -0.1) is 0 Å². The van der Waals surface area contributed by atoms with Crippen LogP contribution >= 0.6 is 15.9 Å². The number of rotatable bonds is 4. The molecule has 0 radical (unpaired) electrons. The molecular weight excluding hydrogens is 326 g/mol. The van der Waals surface area contributed by atoms with E-state index in [-0.39, 0.29) is 23.7 Å². The monoisotopic (exact) mass is 337 g/mol. The van der Waals surface area contributed by atoms with E-state index in [1.54, 1.807) is 25.1 Å². The summed E-state index contributed by atoms with van der Waals surface area (Å²) >= 11 is 3.36. The number of H-pyrrole nitrogens is 1. The number of carbonyl (C=O) groups excluding carboxylic acids is 1. The number of benzene rings is 1. The van der Waals surface area contributed by atoms with Gasteiger partial charge >= 0.3 is 5.82 Å². The number of carbonyl (C=O) groups is 1. The Bertz CT molecular complexity index is 694. The number of aromatic amines is 1. The van der Waals surface area contributed by atoms with E-state index in [1.165, 1.54) is 0 Å². The zero-order chi connectivity index (χ0) is 14.9. The van der Waals surface area contributed by atoms with Gasteiger partial charge in [0.25, 0.3) is 0 Å². The van der Waals surface area contributed by atoms with Gasteiger partial charge in [0.1, 0.15) is 5.69 Å². The molecule has 7 heteroatoms. The summed E-state index contributed by atoms with van der Waals surface area (Å²) in [6.07, 6.45) is -0.0955. The number of nitrogens with zero attached hydrogens (tertiary/aromatic N) is 2. The highest BCUT2D eigenvalue weighted by molar-refractivity contribution is 9.10. The van der Waals surface area contributed by atoms with Crippen molar-refractivity contribution in [2.75, 3.05) is 0 Å². The largest absolute Gasteiger partial charge is 0.358 e. The van der Waals surface area contributed by atoms with Crippen LogP contribution in [-0.2, 0) is 6.42 Å². The van der Waals surface area contributed by atoms with Crippen molar-refractivity contribution >= 4 is 27.5 Å². The van der Waals surface area contributed by atoms with Crippen molar-refractivity contribution < 1.29 is 9.72 Å². The number of hydrogen-bond donors (Lipinski definition) is 1. The fourth-order valence-electron chi connectivity index (χ4n) is 1.87. The Hall–Kier alpha value is -2.02. The molecule has 0 aliphatic carbocycles. The summed E-state index contributed by atoms with van der Waals surface area (Å²) in [6.45, 7) is 3.49. The molecule has 0 saturated carbocycles. The van der Waals surface area contributed by atoms with Crippen molar-refractivity contribution in [1.82, 2.24) is 9.97 Å². The SMILES string of the molecule is Cc1nc(CC(=O)c2ccc(Br)c(C)c2)c([N+](=O)[O-])[nH]1. The number of aromatic nitrogens is 2. The van der Waals surface area contributed by atoms with Gasteiger partial charge in [-0.3, -0.25) is 4.79 Å². The number of ketones is 1. The average molecular weight is 338 g/mol. The zero-order valence-electron chi connectivity index (χ0n) is 10.9. The lowest BCUT2D eigenvalue weighted by atomic mass is 10.0. The highest BCUT2D eigenvalue weighted by Gasteiger charge is 2.21. The quantitative estimate of drug-likeness (QED) is 0.527. The molecule has 2 aromatic rings. The van der Waals surface area contributed by atoms with Crippen LogP contribution in [0, 0.1) is 24.0 Å². The van der Waals surface area contributed by atoms with Crippen molar-refractivity contribution in [3.63, 3.8) is 0 Å². The minimum Gasteiger partial charge on any atom is -0.358 e. The van der Waals surface area contributed by atoms with Crippen molar-refractivity contribution in [3.05, 3.63) is 55.4 Å². The summed E-state index contributed by atoms with van der Waals surface area (Å²) in [6, 6.07) is 5.22. The van der Waals surface area contributed by atoms with Crippen LogP contribution < -0.4 is 0 Å². The van der Waals surface area contributed by atoms with Crippen molar-refractivity contribution in [2.24, 2.45) is 0 Å². The van der Waals surface area contributed by atoms with Crippen LogP contribution in [0.2, 0.25) is 0 Å². The van der Waals surface area contributed by atoms with Crippen molar-refractivity contribution in [3.8, 4) is 0 Å². The third kappa shape index (κ3) is 2.93. The van der Waals surface area contributed by atoms with Crippen LogP contribution in [0.15, 0.2) is 22.7 Å². The van der Waals surface area contributed by atoms with E-state index in [4.69, 9.17) is 0 Å². The maximum absolute atomic E-state index is 12.2. The van der Waals surface area contributed by atoms with E-state index < -0.39 is 4.92 Å². The first-order valence-electron chi connectivity index (χ1n) is 5.87. The first-order valence-corrected chi connectivity index (χ1v) is 6.67. The van der Waals surface area contributed by atoms with Gasteiger partial charge in [0.2, 0.25) is 0 Å². The average Bonchev–Trinajstić information content (AvgIpc) is 2.73. The van der Waals surface area contributed by atoms with E-state index in [0.717, 1.165) is 10.0 Å². The topological polar surface area (TPSA) is 88.9 Å². The molecule has 1 aromatic heterocycles. The highest BCUT2D eigenvalue weighted by atomic mass is 79.9. The smallest absolute Gasteiger partial charge is 0.344 e. The Labute approximate surface area is 123 Å². The molecule has 0 spiro atoms. The summed E-state index contributed by atoms with van der Waals surface area (Å²) in [5, 5.41) is 10.9. The summed E-state index contributed by atoms with van der Waals surface area (Å²) in [7, 11) is 0. The number of imidazole rings is 1. The fourth-order valence-corrected chi connectivity index (χ4v) is 2.12. The number of aryl methyl sites for hydroxylation is 2. The van der Waals surface area contributed by atoms with Gasteiger partial charge in [-0.25, -0.2) is 9.97 Å². The third-order valence-electron chi connectivity index (χ3n) is 2.87. The number of Topliss-reactive ketones (excluding diaryl/α,β-unsaturated/α-hetero) is 1. The summed E-state index contributed by atoms with van der Waals surface area (Å²) in [5.74, 6) is 0.00590. The molecule has 104 valence electrons. The van der Waals surface area contributed by atoms with E-state index >= 15 is 0 Å². The lowest BCUT2D eigenvalue weighted by Gasteiger charge is -2.03. The molecule has 0 aliphatic heterocycles. The summed E-state index contributed by atoms with van der Waals surface area (Å²) < 4.78 is 0.913. The number of hydrogen-bond acceptors (Lipinski definition) is 4. The number of halogens is 1. The fraction of sp³-hybridized carbons (Fsp3) is 0.231. The molecule has 1 N–H and O–H groups in total. The highest BCUT2D eigenvalue weighted by Crippen LogP contribution is 2.20. The molecule has 0 saturated heterocycles. The van der Waals surface area contributed by atoms with Gasteiger partial charge < -0.3 is 10.1 Å². The number of nitrogens with one attached hydrogen (secondary N) is 1. The van der Waals surface area contributed by atoms with E-state index in [1.807, 2.05) is 6.92 Å². The first kappa shape index (κ1) is 14.4. The molecule has 1 heterocycles. The Morgan fingerprint density at radius 1 is 1.45 bits per heavy atom. The Morgan fingerprint density at radius 3 is 2.75 bits per heavy atom. The normalized spacial score (nSPS) is 10.6. The minimum absolute atomic E-state index is 0.0955. The molecule has 0 atom stereocenters. The minimum atomic E-state index is -0.560. The molecule has 6 nitrogen and oxygen atoms in total. The Kier molecular flexibility index (Phi) is 3.99. The maximum atomic E-state index is 12.2. The Morgan fingerprint density at radius 2 is 2.15 bits per heavy atom. The van der Waals surface area contributed by atoms with E-state index in [2.05, 4.69) is 25.9 Å². The molecule has 0 bridgehead atoms. The molecular formula is C13H12BrN3O3. The van der Waals surface area contributed by atoms with Gasteiger partial charge in [0, 0.05) is 17.0 Å². The Balaban J connectivity index is 2.27. The third-order valence-corrected chi connectivity index (χ3v) is 3.76. The molecule has 1 aromatic carbocycles. The van der Waals surface area contributed by atoms with Gasteiger partial charge in [-0.2, -0.15) is 0 Å². The predicted octanol–water partition coefficient (Wildman–Crippen LogP) is 3.12. The first-order chi connectivity index (χ1) is 9.38. The molecule has 0 fully saturated rings. The summed E-state index contributed by atoms with van der Waals surface area (Å²) in [4.78, 5) is 29.0. The molecule has 2 rings (SSSR count). The van der Waals surface area contributed by atoms with Crippen LogP contribution in [0.1, 0.15) is 27.4 Å². The molecule has 20 heavy (non-hydrogen) atoms. The van der Waals surface area contributed by atoms with Gasteiger partial charge in [0.15, 0.2) is 11.6 Å². The van der Waals surface area contributed by atoms with Crippen LogP contribution in [0.3, 0.4) is 0 Å². The lowest BCUT2D eigenvalue weighted by molar-refractivity contribution is -0.390.